The lowest BCUT2D eigenvalue weighted by Crippen LogP contribution is -2.25. The van der Waals surface area contributed by atoms with Crippen LogP contribution in [0.2, 0.25) is 0 Å². The number of carbonyl (C=O) groups is 2. The highest BCUT2D eigenvalue weighted by molar-refractivity contribution is 5.92. The third kappa shape index (κ3) is 5.72. The summed E-state index contributed by atoms with van der Waals surface area (Å²) >= 11 is 0. The molecule has 1 heterocycles. The number of nitriles is 1. The number of hydrogen-bond donors (Lipinski definition) is 1. The fraction of sp³-hybridized carbons (Fsp3) is 0.435. The Morgan fingerprint density at radius 2 is 1.91 bits per heavy atom. The van der Waals surface area contributed by atoms with Gasteiger partial charge in [0.1, 0.15) is 17.4 Å². The van der Waals surface area contributed by atoms with Gasteiger partial charge in [-0.05, 0) is 44.9 Å². The highest BCUT2D eigenvalue weighted by atomic mass is 16.5. The maximum Gasteiger partial charge on any atom is 0.338 e. The first-order chi connectivity index (χ1) is 15.4. The average Bonchev–Trinajstić information content (AvgIpc) is 2.76. The summed E-state index contributed by atoms with van der Waals surface area (Å²) in [5.41, 5.74) is 6.80. The van der Waals surface area contributed by atoms with Crippen molar-refractivity contribution in [1.29, 1.82) is 5.26 Å². The Morgan fingerprint density at radius 1 is 1.19 bits per heavy atom. The third-order valence-corrected chi connectivity index (χ3v) is 4.71. The molecule has 1 aliphatic rings. The lowest BCUT2D eigenvalue weighted by atomic mass is 9.83. The number of allylic oxidation sites excluding steroid dienone is 2. The van der Waals surface area contributed by atoms with Gasteiger partial charge in [-0.2, -0.15) is 5.26 Å². The monoisotopic (exact) mass is 444 g/mol. The van der Waals surface area contributed by atoms with Gasteiger partial charge in [-0.1, -0.05) is 6.07 Å². The van der Waals surface area contributed by atoms with Gasteiger partial charge in [-0.15, -0.1) is 0 Å². The fourth-order valence-corrected chi connectivity index (χ4v) is 3.31. The van der Waals surface area contributed by atoms with Crippen molar-refractivity contribution in [2.24, 2.45) is 5.73 Å². The van der Waals surface area contributed by atoms with Crippen molar-refractivity contribution in [3.63, 3.8) is 0 Å². The predicted octanol–water partition coefficient (Wildman–Crippen LogP) is 3.06. The number of nitrogens with zero attached hydrogens (tertiary/aromatic N) is 1. The average molecular weight is 444 g/mol. The molecule has 0 radical (unpaired) electrons. The van der Waals surface area contributed by atoms with E-state index in [-0.39, 0.29) is 48.4 Å². The summed E-state index contributed by atoms with van der Waals surface area (Å²) < 4.78 is 26.7. The number of ether oxygens (including phenoxy) is 5. The van der Waals surface area contributed by atoms with E-state index in [0.29, 0.717) is 30.1 Å². The third-order valence-electron chi connectivity index (χ3n) is 4.71. The highest BCUT2D eigenvalue weighted by Gasteiger charge is 2.36. The molecule has 1 unspecified atom stereocenters. The van der Waals surface area contributed by atoms with Crippen LogP contribution in [0.5, 0.6) is 11.5 Å². The van der Waals surface area contributed by atoms with Crippen LogP contribution >= 0.6 is 0 Å². The van der Waals surface area contributed by atoms with E-state index in [1.54, 1.807) is 39.0 Å². The standard InChI is InChI=1S/C23H28N2O7/c1-5-29-19(26)8-7-11-31-18-12-15(9-10-17(18)28-4)21-16(13-24)22(25)32-14(3)20(21)23(27)30-6-2/h9-10,12,21H,5-8,11,25H2,1-4H3. The van der Waals surface area contributed by atoms with Crippen molar-refractivity contribution < 1.29 is 33.3 Å². The van der Waals surface area contributed by atoms with Crippen molar-refractivity contribution >= 4 is 11.9 Å². The van der Waals surface area contributed by atoms with Gasteiger partial charge in [0.25, 0.3) is 0 Å². The zero-order chi connectivity index (χ0) is 23.7. The SMILES string of the molecule is CCOC(=O)CCCOc1cc(C2C(C#N)=C(N)OC(C)=C2C(=O)OCC)ccc1OC. The first kappa shape index (κ1) is 24.6. The van der Waals surface area contributed by atoms with Crippen molar-refractivity contribution in [2.75, 3.05) is 26.9 Å². The van der Waals surface area contributed by atoms with E-state index >= 15 is 0 Å². The summed E-state index contributed by atoms with van der Waals surface area (Å²) in [6.45, 7) is 5.77. The summed E-state index contributed by atoms with van der Waals surface area (Å²) in [6, 6.07) is 7.11. The number of esters is 2. The van der Waals surface area contributed by atoms with E-state index in [4.69, 9.17) is 29.4 Å². The van der Waals surface area contributed by atoms with E-state index in [0.717, 1.165) is 0 Å². The molecular weight excluding hydrogens is 416 g/mol. The molecule has 9 nitrogen and oxygen atoms in total. The van der Waals surface area contributed by atoms with Crippen molar-refractivity contribution in [2.45, 2.75) is 39.5 Å². The molecule has 1 atom stereocenters. The number of methoxy groups -OCH3 is 1. The number of hydrogen-bond acceptors (Lipinski definition) is 9. The topological polar surface area (TPSA) is 130 Å². The molecule has 32 heavy (non-hydrogen) atoms. The van der Waals surface area contributed by atoms with Crippen LogP contribution in [0.3, 0.4) is 0 Å². The second-order valence-corrected chi connectivity index (χ2v) is 6.78. The van der Waals surface area contributed by atoms with Crippen LogP contribution in [-0.2, 0) is 23.8 Å². The zero-order valence-corrected chi connectivity index (χ0v) is 18.7. The van der Waals surface area contributed by atoms with Crippen LogP contribution in [0, 0.1) is 11.3 Å². The quantitative estimate of drug-likeness (QED) is 0.427. The van der Waals surface area contributed by atoms with Crippen LogP contribution in [-0.4, -0.2) is 38.9 Å². The maximum atomic E-state index is 12.7. The lowest BCUT2D eigenvalue weighted by molar-refractivity contribution is -0.143. The minimum absolute atomic E-state index is 0.0734. The first-order valence-electron chi connectivity index (χ1n) is 10.3. The fourth-order valence-electron chi connectivity index (χ4n) is 3.31. The highest BCUT2D eigenvalue weighted by Crippen LogP contribution is 2.42. The summed E-state index contributed by atoms with van der Waals surface area (Å²) in [5.74, 6) is -0.627. The molecule has 0 bridgehead atoms. The van der Waals surface area contributed by atoms with Gasteiger partial charge in [-0.25, -0.2) is 4.79 Å². The minimum atomic E-state index is -0.791. The number of carbonyl (C=O) groups excluding carboxylic acids is 2. The lowest BCUT2D eigenvalue weighted by Gasteiger charge is -2.27. The summed E-state index contributed by atoms with van der Waals surface area (Å²) in [7, 11) is 1.50. The minimum Gasteiger partial charge on any atom is -0.493 e. The number of nitrogens with two attached hydrogens (primary N) is 1. The van der Waals surface area contributed by atoms with E-state index in [1.165, 1.54) is 7.11 Å². The van der Waals surface area contributed by atoms with Crippen LogP contribution in [0.4, 0.5) is 0 Å². The predicted molar refractivity (Wildman–Crippen MR) is 114 cm³/mol. The summed E-state index contributed by atoms with van der Waals surface area (Å²) in [4.78, 5) is 24.2. The Balaban J connectivity index is 2.37. The molecule has 0 spiro atoms. The number of benzene rings is 1. The summed E-state index contributed by atoms with van der Waals surface area (Å²) in [6.07, 6.45) is 0.676. The van der Waals surface area contributed by atoms with Gasteiger partial charge in [0.2, 0.25) is 5.88 Å². The Labute approximate surface area is 187 Å². The van der Waals surface area contributed by atoms with Crippen LogP contribution in [0.25, 0.3) is 0 Å². The zero-order valence-electron chi connectivity index (χ0n) is 18.7. The molecule has 0 saturated heterocycles. The van der Waals surface area contributed by atoms with Crippen molar-refractivity contribution in [3.05, 3.63) is 46.6 Å². The Kier molecular flexibility index (Phi) is 8.95. The van der Waals surface area contributed by atoms with Crippen molar-refractivity contribution in [1.82, 2.24) is 0 Å². The molecule has 0 aliphatic carbocycles. The van der Waals surface area contributed by atoms with Crippen molar-refractivity contribution in [3.8, 4) is 17.6 Å². The van der Waals surface area contributed by atoms with E-state index < -0.39 is 11.9 Å². The van der Waals surface area contributed by atoms with Gasteiger partial charge >= 0.3 is 11.9 Å². The van der Waals surface area contributed by atoms with Crippen LogP contribution in [0.1, 0.15) is 45.1 Å². The molecule has 0 amide bonds. The van der Waals surface area contributed by atoms with Gasteiger partial charge < -0.3 is 29.4 Å². The molecule has 1 aromatic rings. The Morgan fingerprint density at radius 3 is 2.53 bits per heavy atom. The first-order valence-corrected chi connectivity index (χ1v) is 10.3. The van der Waals surface area contributed by atoms with Gasteiger partial charge in [0.15, 0.2) is 11.5 Å². The molecule has 2 N–H and O–H groups in total. The van der Waals surface area contributed by atoms with Gasteiger partial charge in [0.05, 0.1) is 38.4 Å². The smallest absolute Gasteiger partial charge is 0.338 e. The molecule has 9 heteroatoms. The molecule has 0 aromatic heterocycles. The normalized spacial score (nSPS) is 15.5. The molecule has 2 rings (SSSR count). The van der Waals surface area contributed by atoms with E-state index in [1.807, 2.05) is 6.07 Å². The Bertz CT molecular complexity index is 960. The number of rotatable bonds is 10. The molecular formula is C23H28N2O7. The van der Waals surface area contributed by atoms with Crippen LogP contribution < -0.4 is 15.2 Å². The molecule has 0 saturated carbocycles. The van der Waals surface area contributed by atoms with E-state index in [9.17, 15) is 14.9 Å². The Hall–Kier alpha value is -3.67. The van der Waals surface area contributed by atoms with E-state index in [2.05, 4.69) is 0 Å². The summed E-state index contributed by atoms with van der Waals surface area (Å²) in [5, 5.41) is 9.71. The maximum absolute atomic E-state index is 12.7. The largest absolute Gasteiger partial charge is 0.493 e. The van der Waals surface area contributed by atoms with Gasteiger partial charge in [-0.3, -0.25) is 4.79 Å². The second kappa shape index (κ2) is 11.6. The molecule has 1 aliphatic heterocycles. The molecule has 1 aromatic carbocycles. The van der Waals surface area contributed by atoms with Gasteiger partial charge in [0, 0.05) is 6.42 Å². The molecule has 0 fully saturated rings. The molecule has 172 valence electrons. The van der Waals surface area contributed by atoms with Crippen LogP contribution in [0.15, 0.2) is 41.0 Å². The second-order valence-electron chi connectivity index (χ2n) is 6.78.